The van der Waals surface area contributed by atoms with Crippen LogP contribution in [0.1, 0.15) is 31.2 Å². The summed E-state index contributed by atoms with van der Waals surface area (Å²) in [7, 11) is 3.24. The largest absolute Gasteiger partial charge is 0.497 e. The Balaban J connectivity index is 2.57. The fourth-order valence-corrected chi connectivity index (χ4v) is 2.84. The third kappa shape index (κ3) is 2.58. The van der Waals surface area contributed by atoms with Gasteiger partial charge >= 0.3 is 0 Å². The monoisotopic (exact) mass is 278 g/mol. The molecule has 1 aliphatic heterocycles. The Hall–Kier alpha value is -1.75. The summed E-state index contributed by atoms with van der Waals surface area (Å²) in [5.74, 6) is 1.79. The van der Waals surface area contributed by atoms with Gasteiger partial charge in [-0.25, -0.2) is 0 Å². The molecule has 0 radical (unpaired) electrons. The van der Waals surface area contributed by atoms with Crippen LogP contribution < -0.4 is 20.1 Å². The molecule has 1 aromatic carbocycles. The van der Waals surface area contributed by atoms with Crippen molar-refractivity contribution in [3.8, 4) is 11.5 Å². The number of nitrogens with two attached hydrogens (primary N) is 1. The van der Waals surface area contributed by atoms with Gasteiger partial charge in [-0.3, -0.25) is 4.79 Å². The Morgan fingerprint density at radius 1 is 1.40 bits per heavy atom. The third-order valence-corrected chi connectivity index (χ3v) is 3.84. The van der Waals surface area contributed by atoms with Crippen LogP contribution in [0, 0.1) is 0 Å². The second-order valence-electron chi connectivity index (χ2n) is 5.00. The van der Waals surface area contributed by atoms with Crippen molar-refractivity contribution >= 4 is 11.6 Å². The number of methoxy groups -OCH3 is 2. The highest BCUT2D eigenvalue weighted by Gasteiger charge is 2.30. The van der Waals surface area contributed by atoms with Gasteiger partial charge in [0.2, 0.25) is 5.91 Å². The van der Waals surface area contributed by atoms with E-state index in [1.54, 1.807) is 26.0 Å². The predicted octanol–water partition coefficient (Wildman–Crippen LogP) is 1.89. The molecular weight excluding hydrogens is 256 g/mol. The maximum Gasteiger partial charge on any atom is 0.223 e. The molecule has 0 aliphatic carbocycles. The Kier molecular flexibility index (Phi) is 4.49. The van der Waals surface area contributed by atoms with Crippen LogP contribution in [-0.4, -0.2) is 33.2 Å². The molecule has 2 N–H and O–H groups in total. The smallest absolute Gasteiger partial charge is 0.223 e. The Bertz CT molecular complexity index is 502. The fraction of sp³-hybridized carbons (Fsp3) is 0.533. The van der Waals surface area contributed by atoms with Gasteiger partial charge in [0.15, 0.2) is 0 Å². The highest BCUT2D eigenvalue weighted by Crippen LogP contribution is 2.45. The van der Waals surface area contributed by atoms with Crippen molar-refractivity contribution in [3.05, 3.63) is 17.7 Å². The van der Waals surface area contributed by atoms with E-state index in [2.05, 4.69) is 0 Å². The van der Waals surface area contributed by atoms with Crippen molar-refractivity contribution in [2.45, 2.75) is 25.7 Å². The number of fused-ring (bicyclic) bond motifs is 1. The standard InChI is InChI=1S/C15H22N2O3/c1-10(18)17-7-5-11(4-6-16)13-8-12(19-2)9-14(20-3)15(13)17/h8-9,11H,4-7,16H2,1-3H3. The zero-order valence-electron chi connectivity index (χ0n) is 12.3. The number of benzene rings is 1. The lowest BCUT2D eigenvalue weighted by Gasteiger charge is -2.35. The second kappa shape index (κ2) is 6.13. The zero-order chi connectivity index (χ0) is 14.7. The van der Waals surface area contributed by atoms with Crippen LogP contribution in [0.3, 0.4) is 0 Å². The molecular formula is C15H22N2O3. The highest BCUT2D eigenvalue weighted by atomic mass is 16.5. The summed E-state index contributed by atoms with van der Waals surface area (Å²) in [5.41, 5.74) is 7.67. The summed E-state index contributed by atoms with van der Waals surface area (Å²) in [5, 5.41) is 0. The van der Waals surface area contributed by atoms with Gasteiger partial charge < -0.3 is 20.1 Å². The minimum atomic E-state index is 0.0286. The average molecular weight is 278 g/mol. The maximum absolute atomic E-state index is 11.9. The molecule has 110 valence electrons. The van der Waals surface area contributed by atoms with Gasteiger partial charge in [0.25, 0.3) is 0 Å². The van der Waals surface area contributed by atoms with Crippen LogP contribution in [0.15, 0.2) is 12.1 Å². The van der Waals surface area contributed by atoms with E-state index >= 15 is 0 Å². The summed E-state index contributed by atoms with van der Waals surface area (Å²) in [6, 6.07) is 3.81. The topological polar surface area (TPSA) is 64.8 Å². The van der Waals surface area contributed by atoms with Gasteiger partial charge in [0, 0.05) is 19.5 Å². The minimum Gasteiger partial charge on any atom is -0.497 e. The first-order valence-electron chi connectivity index (χ1n) is 6.86. The molecule has 1 aliphatic rings. The second-order valence-corrected chi connectivity index (χ2v) is 5.00. The highest BCUT2D eigenvalue weighted by molar-refractivity contribution is 5.95. The summed E-state index contributed by atoms with van der Waals surface area (Å²) >= 11 is 0. The van der Waals surface area contributed by atoms with E-state index in [9.17, 15) is 4.79 Å². The number of ether oxygens (including phenoxy) is 2. The van der Waals surface area contributed by atoms with Crippen molar-refractivity contribution in [3.63, 3.8) is 0 Å². The molecule has 0 aromatic heterocycles. The lowest BCUT2D eigenvalue weighted by atomic mass is 9.86. The lowest BCUT2D eigenvalue weighted by molar-refractivity contribution is -0.116. The van der Waals surface area contributed by atoms with Crippen molar-refractivity contribution in [1.29, 1.82) is 0 Å². The number of rotatable bonds is 4. The SMILES string of the molecule is COc1cc(OC)c2c(c1)C(CCN)CCN2C(C)=O. The quantitative estimate of drug-likeness (QED) is 0.913. The van der Waals surface area contributed by atoms with Gasteiger partial charge in [0.05, 0.1) is 19.9 Å². The summed E-state index contributed by atoms with van der Waals surface area (Å²) in [4.78, 5) is 13.6. The maximum atomic E-state index is 11.9. The van der Waals surface area contributed by atoms with E-state index in [0.29, 0.717) is 24.8 Å². The third-order valence-electron chi connectivity index (χ3n) is 3.84. The van der Waals surface area contributed by atoms with E-state index in [1.807, 2.05) is 12.1 Å². The minimum absolute atomic E-state index is 0.0286. The van der Waals surface area contributed by atoms with E-state index < -0.39 is 0 Å². The number of nitrogens with zero attached hydrogens (tertiary/aromatic N) is 1. The first-order valence-corrected chi connectivity index (χ1v) is 6.86. The summed E-state index contributed by atoms with van der Waals surface area (Å²) < 4.78 is 10.8. The average Bonchev–Trinajstić information content (AvgIpc) is 2.46. The van der Waals surface area contributed by atoms with Crippen LogP contribution in [0.25, 0.3) is 0 Å². The molecule has 1 heterocycles. The van der Waals surface area contributed by atoms with Crippen LogP contribution in [0.4, 0.5) is 5.69 Å². The van der Waals surface area contributed by atoms with E-state index in [0.717, 1.165) is 29.8 Å². The van der Waals surface area contributed by atoms with Crippen molar-refractivity contribution in [2.24, 2.45) is 5.73 Å². The number of hydrogen-bond donors (Lipinski definition) is 1. The molecule has 1 unspecified atom stereocenters. The molecule has 1 aromatic rings. The predicted molar refractivity (Wildman–Crippen MR) is 78.6 cm³/mol. The fourth-order valence-electron chi connectivity index (χ4n) is 2.84. The van der Waals surface area contributed by atoms with Crippen molar-refractivity contribution in [1.82, 2.24) is 0 Å². The van der Waals surface area contributed by atoms with Crippen LogP contribution >= 0.6 is 0 Å². The molecule has 2 rings (SSSR count). The normalized spacial score (nSPS) is 17.6. The molecule has 0 saturated heterocycles. The van der Waals surface area contributed by atoms with Gasteiger partial charge in [-0.1, -0.05) is 0 Å². The molecule has 5 heteroatoms. The Morgan fingerprint density at radius 2 is 2.15 bits per heavy atom. The number of carbonyl (C=O) groups excluding carboxylic acids is 1. The first kappa shape index (κ1) is 14.7. The van der Waals surface area contributed by atoms with Crippen LogP contribution in [0.5, 0.6) is 11.5 Å². The molecule has 5 nitrogen and oxygen atoms in total. The lowest BCUT2D eigenvalue weighted by Crippen LogP contribution is -2.35. The van der Waals surface area contributed by atoms with Crippen molar-refractivity contribution in [2.75, 3.05) is 32.2 Å². The number of hydrogen-bond acceptors (Lipinski definition) is 4. The molecule has 1 amide bonds. The van der Waals surface area contributed by atoms with E-state index in [-0.39, 0.29) is 5.91 Å². The van der Waals surface area contributed by atoms with Gasteiger partial charge in [-0.2, -0.15) is 0 Å². The molecule has 20 heavy (non-hydrogen) atoms. The van der Waals surface area contributed by atoms with Gasteiger partial charge in [0.1, 0.15) is 11.5 Å². The molecule has 1 atom stereocenters. The molecule has 0 spiro atoms. The first-order chi connectivity index (χ1) is 9.62. The molecule has 0 fully saturated rings. The van der Waals surface area contributed by atoms with E-state index in [4.69, 9.17) is 15.2 Å². The van der Waals surface area contributed by atoms with Gasteiger partial charge in [-0.15, -0.1) is 0 Å². The molecule has 0 saturated carbocycles. The number of anilines is 1. The molecule has 0 bridgehead atoms. The van der Waals surface area contributed by atoms with E-state index in [1.165, 1.54) is 0 Å². The summed E-state index contributed by atoms with van der Waals surface area (Å²) in [6.07, 6.45) is 1.81. The summed E-state index contributed by atoms with van der Waals surface area (Å²) in [6.45, 7) is 2.91. The number of amides is 1. The Labute approximate surface area is 119 Å². The van der Waals surface area contributed by atoms with Gasteiger partial charge in [-0.05, 0) is 36.9 Å². The van der Waals surface area contributed by atoms with Crippen molar-refractivity contribution < 1.29 is 14.3 Å². The van der Waals surface area contributed by atoms with Crippen LogP contribution in [-0.2, 0) is 4.79 Å². The van der Waals surface area contributed by atoms with Crippen LogP contribution in [0.2, 0.25) is 0 Å². The number of carbonyl (C=O) groups is 1. The zero-order valence-corrected chi connectivity index (χ0v) is 12.3. The Morgan fingerprint density at radius 3 is 2.70 bits per heavy atom.